The van der Waals surface area contributed by atoms with E-state index in [1.165, 1.54) is 5.56 Å². The van der Waals surface area contributed by atoms with E-state index in [1.54, 1.807) is 0 Å². The minimum Gasteiger partial charge on any atom is -0.113 e. The second-order valence-corrected chi connectivity index (χ2v) is 6.53. The van der Waals surface area contributed by atoms with Crippen molar-refractivity contribution in [3.8, 4) is 0 Å². The second-order valence-electron chi connectivity index (χ2n) is 4.83. The number of benzene rings is 2. The van der Waals surface area contributed by atoms with Gasteiger partial charge in [0.15, 0.2) is 0 Å². The van der Waals surface area contributed by atoms with Crippen molar-refractivity contribution in [3.63, 3.8) is 0 Å². The molecule has 3 heteroatoms. The molecule has 19 heavy (non-hydrogen) atoms. The maximum Gasteiger partial charge on any atom is 0.0838 e. The summed E-state index contributed by atoms with van der Waals surface area (Å²) in [5, 5.41) is 0.639. The fourth-order valence-electron chi connectivity index (χ4n) is 2.08. The van der Waals surface area contributed by atoms with E-state index in [-0.39, 0.29) is 5.38 Å². The fraction of sp³-hybridized carbons (Fsp3) is 0.250. The molecule has 1 unspecified atom stereocenters. The van der Waals surface area contributed by atoms with Gasteiger partial charge < -0.3 is 0 Å². The molecule has 0 aromatic heterocycles. The van der Waals surface area contributed by atoms with Gasteiger partial charge in [-0.15, -0.1) is 11.6 Å². The molecule has 0 amide bonds. The van der Waals surface area contributed by atoms with Gasteiger partial charge in [0.1, 0.15) is 0 Å². The average Bonchev–Trinajstić information content (AvgIpc) is 2.36. The summed E-state index contributed by atoms with van der Waals surface area (Å²) in [6.07, 6.45) is 0. The van der Waals surface area contributed by atoms with E-state index < -0.39 is 0 Å². The Morgan fingerprint density at radius 2 is 1.63 bits per heavy atom. The van der Waals surface area contributed by atoms with Crippen molar-refractivity contribution >= 4 is 39.1 Å². The summed E-state index contributed by atoms with van der Waals surface area (Å²) < 4.78 is 1.10. The highest BCUT2D eigenvalue weighted by Crippen LogP contribution is 2.34. The van der Waals surface area contributed by atoms with Crippen molar-refractivity contribution in [2.24, 2.45) is 0 Å². The van der Waals surface area contributed by atoms with E-state index >= 15 is 0 Å². The van der Waals surface area contributed by atoms with Crippen molar-refractivity contribution < 1.29 is 0 Å². The maximum absolute atomic E-state index is 6.63. The van der Waals surface area contributed by atoms with Crippen LogP contribution in [-0.4, -0.2) is 0 Å². The first-order valence-corrected chi connectivity index (χ1v) is 7.67. The lowest BCUT2D eigenvalue weighted by atomic mass is 9.97. The first-order valence-electron chi connectivity index (χ1n) is 6.07. The van der Waals surface area contributed by atoms with Gasteiger partial charge in [-0.05, 0) is 60.7 Å². The Morgan fingerprint density at radius 3 is 2.26 bits per heavy atom. The standard InChI is InChI=1S/C16H15BrCl2/c1-9-8-15(18)11(3)7-13(9)16(19)12-4-5-14(17)10(2)6-12/h4-8,16H,1-3H3. The summed E-state index contributed by atoms with van der Waals surface area (Å²) in [4.78, 5) is 0. The number of hydrogen-bond acceptors (Lipinski definition) is 0. The number of rotatable bonds is 2. The predicted octanol–water partition coefficient (Wildman–Crippen LogP) is 6.36. The van der Waals surface area contributed by atoms with E-state index in [0.717, 1.165) is 31.7 Å². The van der Waals surface area contributed by atoms with Crippen molar-refractivity contribution in [2.45, 2.75) is 26.1 Å². The van der Waals surface area contributed by atoms with E-state index in [9.17, 15) is 0 Å². The lowest BCUT2D eigenvalue weighted by molar-refractivity contribution is 1.09. The second kappa shape index (κ2) is 5.87. The highest BCUT2D eigenvalue weighted by atomic mass is 79.9. The van der Waals surface area contributed by atoms with Crippen LogP contribution in [0.15, 0.2) is 34.8 Å². The van der Waals surface area contributed by atoms with Crippen LogP contribution in [0.2, 0.25) is 5.02 Å². The van der Waals surface area contributed by atoms with Crippen LogP contribution in [0.4, 0.5) is 0 Å². The molecule has 0 spiro atoms. The zero-order valence-corrected chi connectivity index (χ0v) is 14.2. The van der Waals surface area contributed by atoms with Gasteiger partial charge in [-0.25, -0.2) is 0 Å². The van der Waals surface area contributed by atoms with E-state index in [4.69, 9.17) is 23.2 Å². The smallest absolute Gasteiger partial charge is 0.0838 e. The zero-order chi connectivity index (χ0) is 14.2. The maximum atomic E-state index is 6.63. The molecule has 2 aromatic carbocycles. The lowest BCUT2D eigenvalue weighted by Gasteiger charge is -2.16. The summed E-state index contributed by atoms with van der Waals surface area (Å²) in [5.41, 5.74) is 5.59. The number of halogens is 3. The van der Waals surface area contributed by atoms with Gasteiger partial charge in [0.2, 0.25) is 0 Å². The van der Waals surface area contributed by atoms with Gasteiger partial charge in [0.25, 0.3) is 0 Å². The zero-order valence-electron chi connectivity index (χ0n) is 11.1. The van der Waals surface area contributed by atoms with Gasteiger partial charge >= 0.3 is 0 Å². The molecule has 1 atom stereocenters. The van der Waals surface area contributed by atoms with Crippen molar-refractivity contribution in [1.82, 2.24) is 0 Å². The lowest BCUT2D eigenvalue weighted by Crippen LogP contribution is -1.98. The molecule has 0 radical (unpaired) electrons. The molecule has 2 rings (SSSR count). The Labute approximate surface area is 132 Å². The van der Waals surface area contributed by atoms with Crippen LogP contribution in [0.25, 0.3) is 0 Å². The van der Waals surface area contributed by atoms with Gasteiger partial charge in [0.05, 0.1) is 5.38 Å². The molecule has 2 aromatic rings. The minimum atomic E-state index is -0.150. The molecule has 0 bridgehead atoms. The molecule has 100 valence electrons. The molecule has 0 aliphatic carbocycles. The summed E-state index contributed by atoms with van der Waals surface area (Å²) in [6.45, 7) is 6.11. The first kappa shape index (κ1) is 14.9. The van der Waals surface area contributed by atoms with E-state index in [0.29, 0.717) is 0 Å². The monoisotopic (exact) mass is 356 g/mol. The normalized spacial score (nSPS) is 12.5. The molecule has 0 aliphatic heterocycles. The first-order chi connectivity index (χ1) is 8.90. The predicted molar refractivity (Wildman–Crippen MR) is 87.5 cm³/mol. The Hall–Kier alpha value is -0.500. The molecule has 0 heterocycles. The third-order valence-electron chi connectivity index (χ3n) is 3.30. The SMILES string of the molecule is Cc1cc(C(Cl)c2ccc(Br)c(C)c2)c(C)cc1Cl. The quantitative estimate of drug-likeness (QED) is 0.549. The van der Waals surface area contributed by atoms with Crippen LogP contribution < -0.4 is 0 Å². The average molecular weight is 358 g/mol. The molecule has 0 nitrogen and oxygen atoms in total. The van der Waals surface area contributed by atoms with E-state index in [2.05, 4.69) is 41.1 Å². The number of alkyl halides is 1. The molecule has 0 fully saturated rings. The topological polar surface area (TPSA) is 0 Å². The van der Waals surface area contributed by atoms with Gasteiger partial charge in [-0.1, -0.05) is 45.7 Å². The third kappa shape index (κ3) is 3.16. The van der Waals surface area contributed by atoms with Crippen LogP contribution in [-0.2, 0) is 0 Å². The minimum absolute atomic E-state index is 0.150. The Balaban J connectivity index is 2.46. The van der Waals surface area contributed by atoms with Crippen molar-refractivity contribution in [2.75, 3.05) is 0 Å². The molecule has 0 aliphatic rings. The molecular weight excluding hydrogens is 343 g/mol. The van der Waals surface area contributed by atoms with Crippen molar-refractivity contribution in [1.29, 1.82) is 0 Å². The summed E-state index contributed by atoms with van der Waals surface area (Å²) in [5.74, 6) is 0. The third-order valence-corrected chi connectivity index (χ3v) is 5.08. The van der Waals surface area contributed by atoms with Crippen LogP contribution in [0.1, 0.15) is 33.2 Å². The van der Waals surface area contributed by atoms with Gasteiger partial charge in [-0.3, -0.25) is 0 Å². The molecule has 0 saturated carbocycles. The number of aryl methyl sites for hydroxylation is 3. The van der Waals surface area contributed by atoms with Gasteiger partial charge in [-0.2, -0.15) is 0 Å². The summed E-state index contributed by atoms with van der Waals surface area (Å²) in [6, 6.07) is 10.3. The Bertz CT molecular complexity index is 620. The Morgan fingerprint density at radius 1 is 0.947 bits per heavy atom. The van der Waals surface area contributed by atoms with Crippen molar-refractivity contribution in [3.05, 3.63) is 67.6 Å². The highest BCUT2D eigenvalue weighted by molar-refractivity contribution is 9.10. The van der Waals surface area contributed by atoms with Crippen LogP contribution in [0.5, 0.6) is 0 Å². The highest BCUT2D eigenvalue weighted by Gasteiger charge is 2.15. The largest absolute Gasteiger partial charge is 0.113 e. The fourth-order valence-corrected chi connectivity index (χ4v) is 2.92. The Kier molecular flexibility index (Phi) is 4.60. The van der Waals surface area contributed by atoms with Gasteiger partial charge in [0, 0.05) is 9.50 Å². The molecule has 0 N–H and O–H groups in total. The summed E-state index contributed by atoms with van der Waals surface area (Å²) >= 11 is 16.3. The van der Waals surface area contributed by atoms with Crippen LogP contribution in [0, 0.1) is 20.8 Å². The van der Waals surface area contributed by atoms with Crippen LogP contribution in [0.3, 0.4) is 0 Å². The molecular formula is C16H15BrCl2. The molecule has 0 saturated heterocycles. The van der Waals surface area contributed by atoms with E-state index in [1.807, 2.05) is 26.0 Å². The van der Waals surface area contributed by atoms with Crippen LogP contribution >= 0.6 is 39.1 Å². The summed E-state index contributed by atoms with van der Waals surface area (Å²) in [7, 11) is 0. The number of hydrogen-bond donors (Lipinski definition) is 0.